The number of aromatic nitrogens is 2. The Morgan fingerprint density at radius 3 is 2.11 bits per heavy atom. The summed E-state index contributed by atoms with van der Waals surface area (Å²) in [4.78, 5) is 0. The average Bonchev–Trinajstić information content (AvgIpc) is 2.80. The third kappa shape index (κ3) is 3.63. The standard InChI is InChI=1S/C26H23F7N2/c1-16(15-27)20-11-7-8-12-34(20)24(4)23(2,3)19-10-6-5-9-18(19)21-13-17(25(28,29)30)14-22(35(21)24)26(31,32)33/h5-14H,1,15H2,2-4H3/q+2/t24-/m1/s1. The molecule has 1 aliphatic heterocycles. The van der Waals surface area contributed by atoms with Gasteiger partial charge in [0.15, 0.2) is 6.20 Å². The van der Waals surface area contributed by atoms with Gasteiger partial charge in [0.05, 0.1) is 18.1 Å². The van der Waals surface area contributed by atoms with E-state index in [9.17, 15) is 30.7 Å². The fourth-order valence-electron chi connectivity index (χ4n) is 5.01. The van der Waals surface area contributed by atoms with Crippen molar-refractivity contribution >= 4 is 5.57 Å². The zero-order valence-corrected chi connectivity index (χ0v) is 19.2. The summed E-state index contributed by atoms with van der Waals surface area (Å²) in [6.45, 7) is 7.73. The molecule has 0 bridgehead atoms. The van der Waals surface area contributed by atoms with E-state index in [0.29, 0.717) is 5.56 Å². The summed E-state index contributed by atoms with van der Waals surface area (Å²) in [6.07, 6.45) is -8.62. The van der Waals surface area contributed by atoms with Gasteiger partial charge in [0.2, 0.25) is 11.4 Å². The summed E-state index contributed by atoms with van der Waals surface area (Å²) in [5, 5.41) is 0. The van der Waals surface area contributed by atoms with Crippen molar-refractivity contribution in [2.75, 3.05) is 6.67 Å². The van der Waals surface area contributed by atoms with Gasteiger partial charge in [-0.3, -0.25) is 0 Å². The third-order valence-corrected chi connectivity index (χ3v) is 7.03. The number of hydrogen-bond donors (Lipinski definition) is 0. The molecule has 4 rings (SSSR count). The molecule has 3 aromatic rings. The first-order valence-corrected chi connectivity index (χ1v) is 10.8. The Morgan fingerprint density at radius 1 is 0.886 bits per heavy atom. The minimum absolute atomic E-state index is 0.0316. The first-order valence-electron chi connectivity index (χ1n) is 10.8. The van der Waals surface area contributed by atoms with Crippen molar-refractivity contribution in [2.45, 2.75) is 44.2 Å². The molecule has 0 radical (unpaired) electrons. The Bertz CT molecular complexity index is 1320. The average molecular weight is 496 g/mol. The van der Waals surface area contributed by atoms with Gasteiger partial charge in [0, 0.05) is 29.8 Å². The molecule has 0 fully saturated rings. The van der Waals surface area contributed by atoms with Crippen molar-refractivity contribution in [3.63, 3.8) is 0 Å². The predicted molar refractivity (Wildman–Crippen MR) is 116 cm³/mol. The van der Waals surface area contributed by atoms with Crippen molar-refractivity contribution in [3.05, 3.63) is 89.9 Å². The highest BCUT2D eigenvalue weighted by molar-refractivity contribution is 5.66. The van der Waals surface area contributed by atoms with E-state index in [-0.39, 0.29) is 28.6 Å². The van der Waals surface area contributed by atoms with Crippen LogP contribution in [0.25, 0.3) is 16.8 Å². The summed E-state index contributed by atoms with van der Waals surface area (Å²) < 4.78 is 101. The van der Waals surface area contributed by atoms with Gasteiger partial charge < -0.3 is 0 Å². The van der Waals surface area contributed by atoms with Gasteiger partial charge in [-0.25, -0.2) is 4.39 Å². The van der Waals surface area contributed by atoms with E-state index in [2.05, 4.69) is 6.58 Å². The number of alkyl halides is 7. The van der Waals surface area contributed by atoms with E-state index >= 15 is 0 Å². The number of nitrogens with zero attached hydrogens (tertiary/aromatic N) is 2. The maximum atomic E-state index is 14.5. The monoisotopic (exact) mass is 496 g/mol. The molecule has 1 aromatic carbocycles. The predicted octanol–water partition coefficient (Wildman–Crippen LogP) is 6.46. The molecule has 0 saturated heterocycles. The van der Waals surface area contributed by atoms with E-state index in [1.807, 2.05) is 0 Å². The first-order chi connectivity index (χ1) is 16.2. The van der Waals surface area contributed by atoms with Crippen molar-refractivity contribution in [1.29, 1.82) is 0 Å². The van der Waals surface area contributed by atoms with Gasteiger partial charge in [-0.05, 0) is 31.5 Å². The fraction of sp³-hybridized carbons (Fsp3) is 0.308. The van der Waals surface area contributed by atoms with Crippen LogP contribution in [0, 0.1) is 0 Å². The second-order valence-corrected chi connectivity index (χ2v) is 9.23. The molecular formula is C26H23F7N2+2. The zero-order valence-electron chi connectivity index (χ0n) is 19.2. The van der Waals surface area contributed by atoms with Crippen LogP contribution >= 0.6 is 0 Å². The lowest BCUT2D eigenvalue weighted by Crippen LogP contribution is -2.83. The summed E-state index contributed by atoms with van der Waals surface area (Å²) in [5.74, 6) is 0. The minimum atomic E-state index is -5.12. The molecule has 1 aliphatic rings. The van der Waals surface area contributed by atoms with Crippen LogP contribution in [-0.4, -0.2) is 6.67 Å². The van der Waals surface area contributed by atoms with Crippen LogP contribution in [0.1, 0.15) is 43.3 Å². The van der Waals surface area contributed by atoms with Gasteiger partial charge >= 0.3 is 18.0 Å². The Morgan fingerprint density at radius 2 is 1.51 bits per heavy atom. The summed E-state index contributed by atoms with van der Waals surface area (Å²) >= 11 is 0. The summed E-state index contributed by atoms with van der Waals surface area (Å²) in [6, 6.07) is 12.1. The lowest BCUT2D eigenvalue weighted by Gasteiger charge is -2.41. The van der Waals surface area contributed by atoms with Gasteiger partial charge in [-0.2, -0.15) is 26.3 Å². The maximum Gasteiger partial charge on any atom is 0.477 e. The molecule has 0 spiro atoms. The smallest absolute Gasteiger partial charge is 0.246 e. The number of rotatable bonds is 3. The number of hydrogen-bond acceptors (Lipinski definition) is 0. The number of allylic oxidation sites excluding steroid dienone is 1. The van der Waals surface area contributed by atoms with Gasteiger partial charge in [0.25, 0.3) is 5.69 Å². The van der Waals surface area contributed by atoms with E-state index in [0.717, 1.165) is 10.6 Å². The third-order valence-electron chi connectivity index (χ3n) is 7.03. The lowest BCUT2D eigenvalue weighted by atomic mass is 9.68. The molecule has 0 amide bonds. The highest BCUT2D eigenvalue weighted by Crippen LogP contribution is 2.47. The number of benzene rings is 1. The molecule has 0 unspecified atom stereocenters. The number of halogens is 7. The van der Waals surface area contributed by atoms with Crippen molar-refractivity contribution in [3.8, 4) is 11.3 Å². The highest BCUT2D eigenvalue weighted by atomic mass is 19.4. The van der Waals surface area contributed by atoms with Gasteiger partial charge in [-0.15, -0.1) is 9.13 Å². The molecule has 2 nitrogen and oxygen atoms in total. The molecule has 35 heavy (non-hydrogen) atoms. The maximum absolute atomic E-state index is 14.5. The van der Waals surface area contributed by atoms with Crippen LogP contribution in [0.15, 0.2) is 67.4 Å². The quantitative estimate of drug-likeness (QED) is 0.291. The molecule has 3 heterocycles. The number of fused-ring (bicyclic) bond motifs is 3. The summed E-state index contributed by atoms with van der Waals surface area (Å²) in [7, 11) is 0. The molecule has 1 atom stereocenters. The minimum Gasteiger partial charge on any atom is -0.246 e. The van der Waals surface area contributed by atoms with Crippen LogP contribution in [0.3, 0.4) is 0 Å². The van der Waals surface area contributed by atoms with Crippen LogP contribution in [0.2, 0.25) is 0 Å². The van der Waals surface area contributed by atoms with Crippen LogP contribution in [0.4, 0.5) is 30.7 Å². The van der Waals surface area contributed by atoms with Crippen LogP contribution in [-0.2, 0) is 23.4 Å². The normalized spacial score (nSPS) is 19.1. The Labute approximate surface area is 198 Å². The van der Waals surface area contributed by atoms with E-state index in [4.69, 9.17) is 0 Å². The summed E-state index contributed by atoms with van der Waals surface area (Å²) in [5.41, 5.74) is -4.77. The van der Waals surface area contributed by atoms with Crippen molar-refractivity contribution in [1.82, 2.24) is 0 Å². The topological polar surface area (TPSA) is 7.76 Å². The second kappa shape index (κ2) is 7.90. The van der Waals surface area contributed by atoms with E-state index in [1.165, 1.54) is 29.8 Å². The molecule has 0 saturated carbocycles. The van der Waals surface area contributed by atoms with Crippen LogP contribution < -0.4 is 9.13 Å². The molecule has 0 aliphatic carbocycles. The van der Waals surface area contributed by atoms with Crippen molar-refractivity contribution < 1.29 is 39.9 Å². The zero-order chi connectivity index (χ0) is 26.0. The fourth-order valence-corrected chi connectivity index (χ4v) is 5.01. The molecule has 184 valence electrons. The van der Waals surface area contributed by atoms with Gasteiger partial charge in [0.1, 0.15) is 12.1 Å². The largest absolute Gasteiger partial charge is 0.477 e. The Hall–Kier alpha value is -3.23. The second-order valence-electron chi connectivity index (χ2n) is 9.23. The Kier molecular flexibility index (Phi) is 5.61. The molecular weight excluding hydrogens is 473 g/mol. The molecule has 0 N–H and O–H groups in total. The van der Waals surface area contributed by atoms with Crippen LogP contribution in [0.5, 0.6) is 0 Å². The van der Waals surface area contributed by atoms with Crippen molar-refractivity contribution in [2.24, 2.45) is 0 Å². The van der Waals surface area contributed by atoms with E-state index < -0.39 is 41.4 Å². The lowest BCUT2D eigenvalue weighted by molar-refractivity contribution is -1.00. The number of pyridine rings is 2. The molecule has 9 heteroatoms. The first kappa shape index (κ1) is 24.9. The SMILES string of the molecule is C=C(CF)c1cccc[n+]1[C@]1(C)[n+]2c(cc(C(F)(F)F)cc2C(F)(F)F)-c2ccccc2C1(C)C. The Balaban J connectivity index is 2.26. The highest BCUT2D eigenvalue weighted by Gasteiger charge is 2.67. The van der Waals surface area contributed by atoms with E-state index in [1.54, 1.807) is 44.2 Å². The molecule has 2 aromatic heterocycles. The van der Waals surface area contributed by atoms with Gasteiger partial charge in [-0.1, -0.05) is 24.8 Å².